The number of aliphatic imine (C=N–C) groups is 1. The SMILES string of the molecule is COc1ccc(OSNC2N=C(c3ccccc3)c3ccccc3N(CC(=O)NC(CC(=O)O)C(N)=O)C2=O)cc1. The molecule has 3 amide bonds. The van der Waals surface area contributed by atoms with Gasteiger partial charge in [-0.2, -0.15) is 4.72 Å². The number of carbonyl (C=O) groups is 4. The van der Waals surface area contributed by atoms with Gasteiger partial charge in [-0.3, -0.25) is 29.1 Å². The zero-order valence-corrected chi connectivity index (χ0v) is 22.7. The lowest BCUT2D eigenvalue weighted by molar-refractivity contribution is -0.140. The van der Waals surface area contributed by atoms with Crippen molar-refractivity contribution in [1.29, 1.82) is 0 Å². The van der Waals surface area contributed by atoms with Gasteiger partial charge < -0.3 is 25.1 Å². The second-order valence-corrected chi connectivity index (χ2v) is 9.34. The van der Waals surface area contributed by atoms with Crippen molar-refractivity contribution in [3.63, 3.8) is 0 Å². The number of nitrogens with zero attached hydrogens (tertiary/aromatic N) is 2. The lowest BCUT2D eigenvalue weighted by Gasteiger charge is -2.25. The molecule has 13 heteroatoms. The number of rotatable bonds is 12. The first-order valence-corrected chi connectivity index (χ1v) is 13.1. The van der Waals surface area contributed by atoms with Crippen LogP contribution in [0.3, 0.4) is 0 Å². The number of hydrogen-bond donors (Lipinski definition) is 4. The Morgan fingerprint density at radius 1 is 1.02 bits per heavy atom. The summed E-state index contributed by atoms with van der Waals surface area (Å²) in [6, 6.07) is 21.6. The van der Waals surface area contributed by atoms with Gasteiger partial charge in [0.2, 0.25) is 11.8 Å². The minimum absolute atomic E-state index is 0.398. The Morgan fingerprint density at radius 3 is 2.34 bits per heavy atom. The van der Waals surface area contributed by atoms with E-state index in [1.54, 1.807) is 55.6 Å². The zero-order valence-electron chi connectivity index (χ0n) is 21.9. The molecule has 1 heterocycles. The molecule has 3 aromatic rings. The molecule has 0 aliphatic carbocycles. The summed E-state index contributed by atoms with van der Waals surface area (Å²) in [7, 11) is 1.55. The highest BCUT2D eigenvalue weighted by molar-refractivity contribution is 7.93. The number of benzodiazepines with no additional fused rings is 1. The molecule has 0 bridgehead atoms. The number of amides is 3. The van der Waals surface area contributed by atoms with E-state index >= 15 is 0 Å². The number of benzene rings is 3. The lowest BCUT2D eigenvalue weighted by atomic mass is 10.0. The third-order valence-electron chi connectivity index (χ3n) is 5.97. The number of fused-ring (bicyclic) bond motifs is 1. The third-order valence-corrected chi connectivity index (χ3v) is 6.57. The molecule has 0 spiro atoms. The summed E-state index contributed by atoms with van der Waals surface area (Å²) in [5, 5.41) is 11.4. The number of para-hydroxylation sites is 1. The summed E-state index contributed by atoms with van der Waals surface area (Å²) in [6.45, 7) is -0.529. The number of ether oxygens (including phenoxy) is 1. The quantitative estimate of drug-likeness (QED) is 0.185. The maximum atomic E-state index is 13.8. The van der Waals surface area contributed by atoms with E-state index in [1.807, 2.05) is 30.3 Å². The van der Waals surface area contributed by atoms with Crippen molar-refractivity contribution >= 4 is 47.3 Å². The van der Waals surface area contributed by atoms with E-state index in [2.05, 4.69) is 10.0 Å². The molecule has 212 valence electrons. The molecular formula is C28H27N5O7S. The van der Waals surface area contributed by atoms with E-state index in [1.165, 1.54) is 4.90 Å². The van der Waals surface area contributed by atoms with Crippen LogP contribution in [0.2, 0.25) is 0 Å². The number of anilines is 1. The number of aliphatic carboxylic acids is 1. The Bertz CT molecular complexity index is 1450. The predicted octanol–water partition coefficient (Wildman–Crippen LogP) is 1.88. The summed E-state index contributed by atoms with van der Waals surface area (Å²) >= 11 is 0.785. The molecule has 12 nitrogen and oxygen atoms in total. The molecule has 0 aromatic heterocycles. The van der Waals surface area contributed by atoms with Crippen LogP contribution in [0, 0.1) is 0 Å². The fourth-order valence-corrected chi connectivity index (χ4v) is 4.53. The number of carboxylic acid groups (broad SMARTS) is 1. The molecular weight excluding hydrogens is 550 g/mol. The third kappa shape index (κ3) is 7.41. The van der Waals surface area contributed by atoms with Gasteiger partial charge in [0.1, 0.15) is 36.3 Å². The first-order valence-electron chi connectivity index (χ1n) is 12.3. The molecule has 1 aliphatic heterocycles. The number of nitrogens with one attached hydrogen (secondary N) is 2. The van der Waals surface area contributed by atoms with Gasteiger partial charge in [-0.05, 0) is 30.3 Å². The first kappa shape index (κ1) is 29.1. The van der Waals surface area contributed by atoms with Gasteiger partial charge >= 0.3 is 5.97 Å². The van der Waals surface area contributed by atoms with E-state index in [0.29, 0.717) is 28.5 Å². The fraction of sp³-hybridized carbons (Fsp3) is 0.179. The number of primary amides is 1. The van der Waals surface area contributed by atoms with Gasteiger partial charge in [-0.15, -0.1) is 0 Å². The predicted molar refractivity (Wildman–Crippen MR) is 152 cm³/mol. The van der Waals surface area contributed by atoms with Gasteiger partial charge in [0, 0.05) is 11.1 Å². The van der Waals surface area contributed by atoms with Crippen molar-refractivity contribution < 1.29 is 33.2 Å². The highest BCUT2D eigenvalue weighted by Gasteiger charge is 2.34. The largest absolute Gasteiger partial charge is 0.497 e. The van der Waals surface area contributed by atoms with Crippen LogP contribution in [0.15, 0.2) is 83.9 Å². The van der Waals surface area contributed by atoms with Crippen LogP contribution in [0.4, 0.5) is 5.69 Å². The van der Waals surface area contributed by atoms with Gasteiger partial charge in [0.25, 0.3) is 5.91 Å². The molecule has 0 saturated heterocycles. The molecule has 4 rings (SSSR count). The Hall–Kier alpha value is -4.88. The number of methoxy groups -OCH3 is 1. The normalized spacial score (nSPS) is 15.1. The van der Waals surface area contributed by atoms with Gasteiger partial charge in [-0.25, -0.2) is 0 Å². The molecule has 41 heavy (non-hydrogen) atoms. The van der Waals surface area contributed by atoms with Crippen LogP contribution in [-0.2, 0) is 19.2 Å². The number of carbonyl (C=O) groups excluding carboxylic acids is 3. The highest BCUT2D eigenvalue weighted by Crippen LogP contribution is 2.29. The topological polar surface area (TPSA) is 173 Å². The Kier molecular flexibility index (Phi) is 9.55. The van der Waals surface area contributed by atoms with Crippen LogP contribution < -0.4 is 29.6 Å². The van der Waals surface area contributed by atoms with Crippen LogP contribution in [0.5, 0.6) is 11.5 Å². The van der Waals surface area contributed by atoms with Crippen molar-refractivity contribution in [3.05, 3.63) is 90.0 Å². The summed E-state index contributed by atoms with van der Waals surface area (Å²) in [6.07, 6.45) is -1.89. The van der Waals surface area contributed by atoms with Crippen molar-refractivity contribution in [1.82, 2.24) is 10.0 Å². The average Bonchev–Trinajstić information content (AvgIpc) is 3.08. The lowest BCUT2D eigenvalue weighted by Crippen LogP contribution is -2.52. The molecule has 0 radical (unpaired) electrons. The van der Waals surface area contributed by atoms with Crippen molar-refractivity contribution in [2.45, 2.75) is 18.6 Å². The average molecular weight is 578 g/mol. The molecule has 2 unspecified atom stereocenters. The summed E-state index contributed by atoms with van der Waals surface area (Å²) in [5.74, 6) is -2.54. The molecule has 0 fully saturated rings. The molecule has 5 N–H and O–H groups in total. The number of nitrogens with two attached hydrogens (primary N) is 1. The smallest absolute Gasteiger partial charge is 0.305 e. The molecule has 0 saturated carbocycles. The Balaban J connectivity index is 1.64. The van der Waals surface area contributed by atoms with Crippen LogP contribution in [-0.4, -0.2) is 60.4 Å². The van der Waals surface area contributed by atoms with E-state index in [9.17, 15) is 19.2 Å². The summed E-state index contributed by atoms with van der Waals surface area (Å²) in [5.41, 5.74) is 7.49. The maximum absolute atomic E-state index is 13.8. The van der Waals surface area contributed by atoms with Crippen molar-refractivity contribution in [2.24, 2.45) is 10.7 Å². The van der Waals surface area contributed by atoms with Gasteiger partial charge in [-0.1, -0.05) is 48.5 Å². The van der Waals surface area contributed by atoms with Crippen LogP contribution in [0.1, 0.15) is 17.5 Å². The van der Waals surface area contributed by atoms with E-state index < -0.39 is 48.9 Å². The summed E-state index contributed by atoms with van der Waals surface area (Å²) in [4.78, 5) is 55.6. The molecule has 1 aliphatic rings. The van der Waals surface area contributed by atoms with Crippen LogP contribution >= 0.6 is 12.2 Å². The van der Waals surface area contributed by atoms with Gasteiger partial charge in [0.15, 0.2) is 6.17 Å². The standard InChI is InChI=1S/C28H27N5O7S/c1-39-18-11-13-19(14-12-18)40-41-32-27-28(38)33(16-23(34)30-21(26(29)37)15-24(35)36)22-10-6-5-9-20(22)25(31-27)17-7-3-2-4-8-17/h2-14,21,27,32H,15-16H2,1H3,(H2,29,37)(H,30,34)(H,35,36). The second kappa shape index (κ2) is 13.5. The second-order valence-electron chi connectivity index (χ2n) is 8.77. The van der Waals surface area contributed by atoms with E-state index in [-0.39, 0.29) is 0 Å². The highest BCUT2D eigenvalue weighted by atomic mass is 32.2. The monoisotopic (exact) mass is 577 g/mol. The summed E-state index contributed by atoms with van der Waals surface area (Å²) < 4.78 is 13.7. The van der Waals surface area contributed by atoms with Crippen molar-refractivity contribution in [2.75, 3.05) is 18.6 Å². The van der Waals surface area contributed by atoms with E-state index in [0.717, 1.165) is 17.8 Å². The first-order chi connectivity index (χ1) is 19.8. The molecule has 3 aromatic carbocycles. The van der Waals surface area contributed by atoms with E-state index in [4.69, 9.17) is 24.8 Å². The van der Waals surface area contributed by atoms with Gasteiger partial charge in [0.05, 0.1) is 24.9 Å². The van der Waals surface area contributed by atoms with Crippen molar-refractivity contribution in [3.8, 4) is 11.5 Å². The minimum atomic E-state index is -1.45. The number of hydrogen-bond acceptors (Lipinski definition) is 9. The fourth-order valence-electron chi connectivity index (χ4n) is 4.03. The minimum Gasteiger partial charge on any atom is -0.497 e. The Morgan fingerprint density at radius 2 is 1.68 bits per heavy atom. The maximum Gasteiger partial charge on any atom is 0.305 e. The molecule has 2 atom stereocenters. The zero-order chi connectivity index (χ0) is 29.4. The van der Waals surface area contributed by atoms with Crippen LogP contribution in [0.25, 0.3) is 0 Å². The Labute approximate surface area is 239 Å². The number of carboxylic acids is 1.